The first kappa shape index (κ1) is 19.9. The van der Waals surface area contributed by atoms with Gasteiger partial charge in [0.2, 0.25) is 0 Å². The van der Waals surface area contributed by atoms with Crippen molar-refractivity contribution in [3.8, 4) is 5.75 Å². The molecule has 0 aliphatic heterocycles. The Morgan fingerprint density at radius 2 is 1.85 bits per heavy atom. The van der Waals surface area contributed by atoms with Gasteiger partial charge in [0.05, 0.1) is 23.8 Å². The van der Waals surface area contributed by atoms with E-state index < -0.39 is 0 Å². The van der Waals surface area contributed by atoms with Crippen LogP contribution in [0, 0.1) is 0 Å². The fraction of sp³-hybridized carbons (Fsp3) is 0.111. The maximum absolute atomic E-state index is 6.04. The molecule has 0 fully saturated rings. The quantitative estimate of drug-likeness (QED) is 0.446. The summed E-state index contributed by atoms with van der Waals surface area (Å²) < 4.78 is 7.90. The molecule has 3 rings (SSSR count). The van der Waals surface area contributed by atoms with Gasteiger partial charge in [0.25, 0.3) is 0 Å². The van der Waals surface area contributed by atoms with Crippen molar-refractivity contribution >= 4 is 68.0 Å². The molecular formula is C18H15BrCl2N4OS. The second kappa shape index (κ2) is 8.93. The van der Waals surface area contributed by atoms with Gasteiger partial charge < -0.3 is 15.4 Å². The molecule has 0 amide bonds. The van der Waals surface area contributed by atoms with Crippen molar-refractivity contribution in [3.05, 3.63) is 68.7 Å². The molecule has 0 bridgehead atoms. The van der Waals surface area contributed by atoms with Crippen LogP contribution >= 0.6 is 51.3 Å². The topological polar surface area (TPSA) is 51.1 Å². The van der Waals surface area contributed by atoms with Gasteiger partial charge in [0, 0.05) is 16.2 Å². The van der Waals surface area contributed by atoms with Gasteiger partial charge in [-0.05, 0) is 64.0 Å². The number of methoxy groups -OCH3 is 1. The Kier molecular flexibility index (Phi) is 6.59. The third-order valence-electron chi connectivity index (χ3n) is 3.62. The van der Waals surface area contributed by atoms with Crippen LogP contribution in [0.4, 0.5) is 11.5 Å². The number of aromatic nitrogens is 2. The first-order chi connectivity index (χ1) is 12.9. The van der Waals surface area contributed by atoms with Gasteiger partial charge in [-0.1, -0.05) is 35.3 Å². The number of nitrogens with zero attached hydrogens (tertiary/aromatic N) is 2. The Hall–Kier alpha value is -1.80. The summed E-state index contributed by atoms with van der Waals surface area (Å²) in [5.74, 6) is 1.23. The molecule has 0 aliphatic carbocycles. The summed E-state index contributed by atoms with van der Waals surface area (Å²) in [7, 11) is 1.58. The molecule has 0 radical (unpaired) electrons. The van der Waals surface area contributed by atoms with E-state index in [1.54, 1.807) is 30.0 Å². The Morgan fingerprint density at radius 1 is 1.15 bits per heavy atom. The largest absolute Gasteiger partial charge is 0.495 e. The summed E-state index contributed by atoms with van der Waals surface area (Å²) in [6.07, 6.45) is 1.87. The van der Waals surface area contributed by atoms with Gasteiger partial charge in [-0.25, -0.2) is 0 Å². The minimum Gasteiger partial charge on any atom is -0.495 e. The number of thiocarbonyl (C=S) groups is 1. The van der Waals surface area contributed by atoms with Crippen LogP contribution in [-0.2, 0) is 6.54 Å². The predicted octanol–water partition coefficient (Wildman–Crippen LogP) is 5.82. The van der Waals surface area contributed by atoms with Crippen LogP contribution in [0.1, 0.15) is 5.56 Å². The third-order valence-corrected chi connectivity index (χ3v) is 4.89. The molecule has 3 aromatic rings. The van der Waals surface area contributed by atoms with Gasteiger partial charge in [-0.15, -0.1) is 0 Å². The number of halogens is 3. The SMILES string of the molecule is COc1ccc(Cl)cc1NC(=S)Nc1nn(Cc2ccc(Cl)cc2)cc1Br. The highest BCUT2D eigenvalue weighted by atomic mass is 79.9. The van der Waals surface area contributed by atoms with E-state index in [4.69, 9.17) is 40.2 Å². The highest BCUT2D eigenvalue weighted by molar-refractivity contribution is 9.10. The van der Waals surface area contributed by atoms with Crippen LogP contribution in [0.5, 0.6) is 5.75 Å². The van der Waals surface area contributed by atoms with Crippen LogP contribution in [0.15, 0.2) is 53.1 Å². The highest BCUT2D eigenvalue weighted by Crippen LogP contribution is 2.28. The predicted molar refractivity (Wildman–Crippen MR) is 118 cm³/mol. The number of nitrogens with one attached hydrogen (secondary N) is 2. The van der Waals surface area contributed by atoms with E-state index in [-0.39, 0.29) is 0 Å². The van der Waals surface area contributed by atoms with E-state index in [0.717, 1.165) is 10.0 Å². The summed E-state index contributed by atoms with van der Waals surface area (Å²) in [5.41, 5.74) is 1.75. The normalized spacial score (nSPS) is 10.5. The molecule has 1 heterocycles. The lowest BCUT2D eigenvalue weighted by Crippen LogP contribution is -2.20. The van der Waals surface area contributed by atoms with Gasteiger partial charge in [0.15, 0.2) is 10.9 Å². The monoisotopic (exact) mass is 484 g/mol. The maximum Gasteiger partial charge on any atom is 0.176 e. The molecule has 5 nitrogen and oxygen atoms in total. The maximum atomic E-state index is 6.04. The number of benzene rings is 2. The minimum absolute atomic E-state index is 0.369. The number of hydrogen-bond donors (Lipinski definition) is 2. The van der Waals surface area contributed by atoms with E-state index in [1.807, 2.05) is 30.5 Å². The molecule has 2 aromatic carbocycles. The van der Waals surface area contributed by atoms with E-state index in [9.17, 15) is 0 Å². The first-order valence-electron chi connectivity index (χ1n) is 7.83. The number of hydrogen-bond acceptors (Lipinski definition) is 3. The van der Waals surface area contributed by atoms with Crippen LogP contribution < -0.4 is 15.4 Å². The zero-order chi connectivity index (χ0) is 19.4. The van der Waals surface area contributed by atoms with E-state index >= 15 is 0 Å². The third kappa shape index (κ3) is 5.35. The van der Waals surface area contributed by atoms with Crippen LogP contribution in [0.25, 0.3) is 0 Å². The summed E-state index contributed by atoms with van der Waals surface area (Å²) in [6, 6.07) is 12.9. The van der Waals surface area contributed by atoms with Gasteiger partial charge >= 0.3 is 0 Å². The molecule has 1 aromatic heterocycles. The molecule has 27 heavy (non-hydrogen) atoms. The first-order valence-corrected chi connectivity index (χ1v) is 9.79. The van der Waals surface area contributed by atoms with Crippen molar-refractivity contribution in [3.63, 3.8) is 0 Å². The Balaban J connectivity index is 1.69. The van der Waals surface area contributed by atoms with E-state index in [0.29, 0.717) is 39.0 Å². The van der Waals surface area contributed by atoms with Crippen molar-refractivity contribution < 1.29 is 4.74 Å². The Labute approximate surface area is 180 Å². The zero-order valence-corrected chi connectivity index (χ0v) is 18.1. The molecule has 0 spiro atoms. The molecule has 0 saturated heterocycles. The van der Waals surface area contributed by atoms with Crippen LogP contribution in [0.2, 0.25) is 10.0 Å². The van der Waals surface area contributed by atoms with E-state index in [1.165, 1.54) is 0 Å². The Bertz CT molecular complexity index is 962. The molecule has 0 atom stereocenters. The van der Waals surface area contributed by atoms with Crippen molar-refractivity contribution in [2.75, 3.05) is 17.7 Å². The lowest BCUT2D eigenvalue weighted by Gasteiger charge is -2.13. The van der Waals surface area contributed by atoms with Crippen molar-refractivity contribution in [1.82, 2.24) is 9.78 Å². The van der Waals surface area contributed by atoms with Crippen molar-refractivity contribution in [2.24, 2.45) is 0 Å². The number of anilines is 2. The minimum atomic E-state index is 0.369. The van der Waals surface area contributed by atoms with Gasteiger partial charge in [-0.2, -0.15) is 5.10 Å². The number of ether oxygens (including phenoxy) is 1. The smallest absolute Gasteiger partial charge is 0.176 e. The van der Waals surface area contributed by atoms with Crippen LogP contribution in [0.3, 0.4) is 0 Å². The average Bonchev–Trinajstić information content (AvgIpc) is 2.96. The summed E-state index contributed by atoms with van der Waals surface area (Å²) >= 11 is 20.8. The second-order valence-corrected chi connectivity index (χ2v) is 7.71. The standard InChI is InChI=1S/C18H15BrCl2N4OS/c1-26-16-7-6-13(21)8-15(16)22-18(27)23-17-14(19)10-25(24-17)9-11-2-4-12(20)5-3-11/h2-8,10H,9H2,1H3,(H2,22,23,24,27). The highest BCUT2D eigenvalue weighted by Gasteiger charge is 2.11. The molecule has 9 heteroatoms. The second-order valence-electron chi connectivity index (χ2n) is 5.57. The van der Waals surface area contributed by atoms with Crippen molar-refractivity contribution in [1.29, 1.82) is 0 Å². The molecule has 140 valence electrons. The average molecular weight is 486 g/mol. The number of rotatable bonds is 5. The van der Waals surface area contributed by atoms with E-state index in [2.05, 4.69) is 31.7 Å². The Morgan fingerprint density at radius 3 is 2.56 bits per heavy atom. The zero-order valence-electron chi connectivity index (χ0n) is 14.2. The molecule has 0 saturated carbocycles. The summed E-state index contributed by atoms with van der Waals surface area (Å²) in [6.45, 7) is 0.611. The van der Waals surface area contributed by atoms with Gasteiger partial charge in [0.1, 0.15) is 5.75 Å². The lowest BCUT2D eigenvalue weighted by molar-refractivity contribution is 0.417. The molecule has 2 N–H and O–H groups in total. The van der Waals surface area contributed by atoms with Crippen molar-refractivity contribution in [2.45, 2.75) is 6.54 Å². The summed E-state index contributed by atoms with van der Waals surface area (Å²) in [5, 5.41) is 12.3. The molecule has 0 unspecified atom stereocenters. The van der Waals surface area contributed by atoms with Crippen LogP contribution in [-0.4, -0.2) is 22.0 Å². The fourth-order valence-corrected chi connectivity index (χ4v) is 3.30. The molecular weight excluding hydrogens is 471 g/mol. The van der Waals surface area contributed by atoms with Gasteiger partial charge in [-0.3, -0.25) is 4.68 Å². The molecule has 0 aliphatic rings. The summed E-state index contributed by atoms with van der Waals surface area (Å²) in [4.78, 5) is 0. The lowest BCUT2D eigenvalue weighted by atomic mass is 10.2. The fourth-order valence-electron chi connectivity index (χ4n) is 2.38.